The van der Waals surface area contributed by atoms with Gasteiger partial charge in [-0.2, -0.15) is 5.10 Å². The molecule has 3 aromatic rings. The number of allylic oxidation sites excluding steroid dienone is 1. The highest BCUT2D eigenvalue weighted by Crippen LogP contribution is 2.37. The molecule has 11 heteroatoms. The summed E-state index contributed by atoms with van der Waals surface area (Å²) in [6.07, 6.45) is 5.01. The maximum atomic E-state index is 12.7. The molecule has 1 aliphatic carbocycles. The molecule has 0 unspecified atom stereocenters. The Hall–Kier alpha value is -4.28. The van der Waals surface area contributed by atoms with Crippen LogP contribution in [0.3, 0.4) is 0 Å². The molecule has 3 N–H and O–H groups in total. The zero-order chi connectivity index (χ0) is 25.9. The van der Waals surface area contributed by atoms with Crippen LogP contribution in [0.15, 0.2) is 43.2 Å². The molecule has 0 radical (unpaired) electrons. The third kappa shape index (κ3) is 4.81. The molecule has 1 aliphatic rings. The van der Waals surface area contributed by atoms with E-state index in [1.54, 1.807) is 35.3 Å². The van der Waals surface area contributed by atoms with Crippen LogP contribution in [0, 0.1) is 0 Å². The first-order chi connectivity index (χ1) is 17.2. The van der Waals surface area contributed by atoms with Crippen molar-refractivity contribution in [3.63, 3.8) is 0 Å². The number of anilines is 2. The number of aromatic nitrogens is 5. The standard InChI is InChI=1S/C22H24N8O3/c1-4-10-30-12-24-20(29-30)14-6-5-7-15(19(14)33-3)26-16-11-17(21(31)25-13-8-9-13)27-28-18(16)22(32)23-2/h4-7,11-13H,1,8-10H2,2-3H3,(H,23,32)(H,25,31)(H,26,27)/i2D3. The van der Waals surface area contributed by atoms with Crippen LogP contribution in [-0.4, -0.2) is 56.9 Å². The molecule has 170 valence electrons. The van der Waals surface area contributed by atoms with Crippen LogP contribution in [0.1, 0.15) is 37.9 Å². The van der Waals surface area contributed by atoms with E-state index >= 15 is 0 Å². The molecule has 1 saturated carbocycles. The Balaban J connectivity index is 1.72. The summed E-state index contributed by atoms with van der Waals surface area (Å²) in [5, 5.41) is 19.8. The van der Waals surface area contributed by atoms with E-state index in [4.69, 9.17) is 8.85 Å². The summed E-state index contributed by atoms with van der Waals surface area (Å²) >= 11 is 0. The van der Waals surface area contributed by atoms with Gasteiger partial charge in [-0.05, 0) is 31.0 Å². The van der Waals surface area contributed by atoms with Gasteiger partial charge in [0, 0.05) is 17.1 Å². The molecule has 1 fully saturated rings. The SMILES string of the molecule is [2H]C([2H])([2H])NC(=O)c1nnc(C(=O)NC2CC2)cc1Nc1cccc(-c2ncn(CC=C)n2)c1OC. The molecule has 1 aromatic carbocycles. The molecule has 2 heterocycles. The second kappa shape index (κ2) is 9.47. The summed E-state index contributed by atoms with van der Waals surface area (Å²) in [7, 11) is 1.46. The number of amides is 2. The number of benzene rings is 1. The van der Waals surface area contributed by atoms with Gasteiger partial charge in [-0.15, -0.1) is 16.8 Å². The second-order valence-electron chi connectivity index (χ2n) is 7.28. The van der Waals surface area contributed by atoms with Crippen LogP contribution in [0.5, 0.6) is 5.75 Å². The minimum atomic E-state index is -2.74. The van der Waals surface area contributed by atoms with E-state index in [2.05, 4.69) is 37.5 Å². The Bertz CT molecular complexity index is 1300. The molecule has 2 amide bonds. The Morgan fingerprint density at radius 3 is 2.88 bits per heavy atom. The van der Waals surface area contributed by atoms with Crippen molar-refractivity contribution >= 4 is 23.2 Å². The molecular weight excluding hydrogens is 424 g/mol. The van der Waals surface area contributed by atoms with E-state index in [0.29, 0.717) is 29.4 Å². The molecule has 4 rings (SSSR count). The molecule has 0 aliphatic heterocycles. The highest BCUT2D eigenvalue weighted by atomic mass is 16.5. The van der Waals surface area contributed by atoms with Gasteiger partial charge in [0.15, 0.2) is 23.0 Å². The molecule has 0 atom stereocenters. The van der Waals surface area contributed by atoms with E-state index in [9.17, 15) is 9.59 Å². The first-order valence-corrected chi connectivity index (χ1v) is 10.1. The van der Waals surface area contributed by atoms with E-state index in [0.717, 1.165) is 12.8 Å². The Kier molecular flexibility index (Phi) is 5.25. The summed E-state index contributed by atoms with van der Waals surface area (Å²) in [5.74, 6) is -0.681. The predicted molar refractivity (Wildman–Crippen MR) is 121 cm³/mol. The molecule has 11 nitrogen and oxygen atoms in total. The van der Waals surface area contributed by atoms with Crippen molar-refractivity contribution in [1.29, 1.82) is 0 Å². The zero-order valence-electron chi connectivity index (χ0n) is 20.8. The highest BCUT2D eigenvalue weighted by Gasteiger charge is 2.26. The minimum Gasteiger partial charge on any atom is -0.494 e. The number of nitrogens with zero attached hydrogens (tertiary/aromatic N) is 5. The first-order valence-electron chi connectivity index (χ1n) is 11.6. The lowest BCUT2D eigenvalue weighted by Crippen LogP contribution is -2.28. The van der Waals surface area contributed by atoms with E-state index in [1.807, 2.05) is 5.32 Å². The molecule has 0 saturated heterocycles. The summed E-state index contributed by atoms with van der Waals surface area (Å²) in [5.41, 5.74) is 0.685. The molecule has 0 bridgehead atoms. The van der Waals surface area contributed by atoms with Gasteiger partial charge in [0.2, 0.25) is 0 Å². The summed E-state index contributed by atoms with van der Waals surface area (Å²) in [6, 6.07) is 6.59. The molecule has 0 spiro atoms. The van der Waals surface area contributed by atoms with Crippen LogP contribution in [-0.2, 0) is 6.54 Å². The fraction of sp³-hybridized carbons (Fsp3) is 0.273. The average molecular weight is 452 g/mol. The van der Waals surface area contributed by atoms with Gasteiger partial charge in [-0.1, -0.05) is 12.1 Å². The largest absolute Gasteiger partial charge is 0.494 e. The predicted octanol–water partition coefficient (Wildman–Crippen LogP) is 1.93. The average Bonchev–Trinajstić information content (AvgIpc) is 3.52. The maximum Gasteiger partial charge on any atom is 0.273 e. The van der Waals surface area contributed by atoms with Gasteiger partial charge in [-0.3, -0.25) is 9.59 Å². The highest BCUT2D eigenvalue weighted by molar-refractivity contribution is 6.00. The number of para-hydroxylation sites is 1. The smallest absolute Gasteiger partial charge is 0.273 e. The molecule has 33 heavy (non-hydrogen) atoms. The van der Waals surface area contributed by atoms with Crippen molar-refractivity contribution in [3.8, 4) is 17.1 Å². The number of nitrogens with one attached hydrogen (secondary N) is 3. The fourth-order valence-electron chi connectivity index (χ4n) is 3.13. The number of ether oxygens (including phenoxy) is 1. The lowest BCUT2D eigenvalue weighted by atomic mass is 10.1. The van der Waals surface area contributed by atoms with Gasteiger partial charge >= 0.3 is 0 Å². The van der Waals surface area contributed by atoms with Crippen LogP contribution >= 0.6 is 0 Å². The van der Waals surface area contributed by atoms with Crippen LogP contribution < -0.4 is 20.7 Å². The maximum absolute atomic E-state index is 12.7. The third-order valence-electron chi connectivity index (χ3n) is 4.85. The Morgan fingerprint density at radius 1 is 1.30 bits per heavy atom. The first kappa shape index (κ1) is 18.3. The number of hydrogen-bond donors (Lipinski definition) is 3. The lowest BCUT2D eigenvalue weighted by molar-refractivity contribution is 0.0935. The van der Waals surface area contributed by atoms with Gasteiger partial charge in [0.05, 0.1) is 30.6 Å². The zero-order valence-corrected chi connectivity index (χ0v) is 17.8. The van der Waals surface area contributed by atoms with Crippen LogP contribution in [0.4, 0.5) is 11.4 Å². The number of rotatable bonds is 9. The monoisotopic (exact) mass is 451 g/mol. The van der Waals surface area contributed by atoms with Crippen molar-refractivity contribution < 1.29 is 18.4 Å². The second-order valence-corrected chi connectivity index (χ2v) is 7.28. The number of hydrogen-bond acceptors (Lipinski definition) is 8. The number of carbonyl (C=O) groups is 2. The summed E-state index contributed by atoms with van der Waals surface area (Å²) in [4.78, 5) is 29.5. The summed E-state index contributed by atoms with van der Waals surface area (Å²) < 4.78 is 29.3. The van der Waals surface area contributed by atoms with E-state index < -0.39 is 18.8 Å². The Labute approximate surface area is 194 Å². The van der Waals surface area contributed by atoms with Gasteiger partial charge < -0.3 is 20.7 Å². The normalized spacial score (nSPS) is 14.4. The fourth-order valence-corrected chi connectivity index (χ4v) is 3.13. The topological polar surface area (TPSA) is 136 Å². The quantitative estimate of drug-likeness (QED) is 0.420. The van der Waals surface area contributed by atoms with Crippen molar-refractivity contribution in [2.45, 2.75) is 25.4 Å². The van der Waals surface area contributed by atoms with Gasteiger partial charge in [0.25, 0.3) is 11.8 Å². The van der Waals surface area contributed by atoms with Crippen molar-refractivity contribution in [1.82, 2.24) is 35.6 Å². The third-order valence-corrected chi connectivity index (χ3v) is 4.85. The molecule has 2 aromatic heterocycles. The van der Waals surface area contributed by atoms with Crippen molar-refractivity contribution in [2.24, 2.45) is 0 Å². The van der Waals surface area contributed by atoms with Gasteiger partial charge in [-0.25, -0.2) is 9.67 Å². The van der Waals surface area contributed by atoms with Crippen LogP contribution in [0.2, 0.25) is 0 Å². The van der Waals surface area contributed by atoms with Crippen LogP contribution in [0.25, 0.3) is 11.4 Å². The minimum absolute atomic E-state index is 0.0326. The number of methoxy groups -OCH3 is 1. The summed E-state index contributed by atoms with van der Waals surface area (Å²) in [6.45, 7) is 1.42. The van der Waals surface area contributed by atoms with Crippen molar-refractivity contribution in [3.05, 3.63) is 54.6 Å². The molecular formula is C22H24N8O3. The Morgan fingerprint density at radius 2 is 2.15 bits per heavy atom. The van der Waals surface area contributed by atoms with E-state index in [-0.39, 0.29) is 23.1 Å². The van der Waals surface area contributed by atoms with Crippen molar-refractivity contribution in [2.75, 3.05) is 19.4 Å². The van der Waals surface area contributed by atoms with Gasteiger partial charge in [0.1, 0.15) is 6.33 Å². The van der Waals surface area contributed by atoms with E-state index in [1.165, 1.54) is 13.2 Å². The lowest BCUT2D eigenvalue weighted by Gasteiger charge is -2.16. The number of carbonyl (C=O) groups excluding carboxylic acids is 2.